The molecule has 1 N–H and O–H groups in total. The van der Waals surface area contributed by atoms with Crippen molar-refractivity contribution in [3.8, 4) is 5.75 Å². The first-order chi connectivity index (χ1) is 13.4. The lowest BCUT2D eigenvalue weighted by atomic mass is 9.48. The van der Waals surface area contributed by atoms with Gasteiger partial charge in [-0.05, 0) is 116 Å². The highest BCUT2D eigenvalue weighted by Crippen LogP contribution is 2.61. The Morgan fingerprint density at radius 3 is 2.29 bits per heavy atom. The predicted octanol–water partition coefficient (Wildman–Crippen LogP) is 6.88. The maximum absolute atomic E-state index is 10.1. The van der Waals surface area contributed by atoms with Crippen LogP contribution in [-0.4, -0.2) is 11.3 Å². The Morgan fingerprint density at radius 2 is 1.64 bits per heavy atom. The summed E-state index contributed by atoms with van der Waals surface area (Å²) in [7, 11) is 0. The van der Waals surface area contributed by atoms with Crippen LogP contribution in [0, 0.1) is 31.6 Å². The van der Waals surface area contributed by atoms with Gasteiger partial charge in [0, 0.05) is 16.8 Å². The molecule has 0 unspecified atom stereocenters. The molecule has 4 aliphatic carbocycles. The van der Waals surface area contributed by atoms with E-state index in [0.717, 1.165) is 23.4 Å². The van der Waals surface area contributed by atoms with Crippen LogP contribution in [0.1, 0.15) is 60.8 Å². The number of hydrogen-bond donors (Lipinski definition) is 1. The van der Waals surface area contributed by atoms with E-state index in [2.05, 4.69) is 26.0 Å². The summed E-state index contributed by atoms with van der Waals surface area (Å²) in [5.74, 6) is 3.01. The van der Waals surface area contributed by atoms with E-state index in [1.54, 1.807) is 24.4 Å². The van der Waals surface area contributed by atoms with Crippen LogP contribution in [-0.2, 0) is 5.41 Å². The Bertz CT molecular complexity index is 926. The highest BCUT2D eigenvalue weighted by Gasteiger charge is 2.51. The number of aliphatic imine (C=N–C) groups is 1. The van der Waals surface area contributed by atoms with Crippen LogP contribution in [0.15, 0.2) is 35.3 Å². The Balaban J connectivity index is 1.53. The molecular formula is C25H28ClNO. The molecular weight excluding hydrogens is 366 g/mol. The minimum Gasteiger partial charge on any atom is -0.507 e. The fraction of sp³-hybridized carbons (Fsp3) is 0.480. The van der Waals surface area contributed by atoms with Crippen molar-refractivity contribution in [2.75, 3.05) is 0 Å². The van der Waals surface area contributed by atoms with Crippen LogP contribution in [0.2, 0.25) is 5.02 Å². The van der Waals surface area contributed by atoms with Gasteiger partial charge in [-0.15, -0.1) is 0 Å². The number of halogens is 1. The number of benzene rings is 2. The zero-order valence-corrected chi connectivity index (χ0v) is 17.5. The molecule has 2 aromatic carbocycles. The molecule has 4 aliphatic rings. The number of nitrogens with zero attached hydrogens (tertiary/aromatic N) is 1. The minimum atomic E-state index is 0.208. The van der Waals surface area contributed by atoms with E-state index in [1.807, 2.05) is 0 Å². The number of hydrogen-bond acceptors (Lipinski definition) is 2. The van der Waals surface area contributed by atoms with Crippen molar-refractivity contribution in [1.29, 1.82) is 0 Å². The highest BCUT2D eigenvalue weighted by molar-refractivity contribution is 6.30. The smallest absolute Gasteiger partial charge is 0.124 e. The molecule has 2 aromatic rings. The number of rotatable bonds is 3. The van der Waals surface area contributed by atoms with Gasteiger partial charge in [-0.3, -0.25) is 4.99 Å². The van der Waals surface area contributed by atoms with E-state index >= 15 is 0 Å². The summed E-state index contributed by atoms with van der Waals surface area (Å²) in [6.07, 6.45) is 10.2. The SMILES string of the molecule is Cc1cc(C23CC4CC(CC(C4)C2)C3)cc(N=Cc2cc(Cl)ccc2O)c1C. The van der Waals surface area contributed by atoms with Crippen molar-refractivity contribution in [1.82, 2.24) is 0 Å². The third-order valence-electron chi connectivity index (χ3n) is 7.62. The van der Waals surface area contributed by atoms with Crippen LogP contribution in [0.3, 0.4) is 0 Å². The normalized spacial score (nSPS) is 31.0. The van der Waals surface area contributed by atoms with Gasteiger partial charge in [-0.2, -0.15) is 0 Å². The molecule has 0 atom stereocenters. The number of phenols is 1. The van der Waals surface area contributed by atoms with Crippen molar-refractivity contribution < 1.29 is 5.11 Å². The summed E-state index contributed by atoms with van der Waals surface area (Å²) < 4.78 is 0. The Morgan fingerprint density at radius 1 is 1.00 bits per heavy atom. The number of aryl methyl sites for hydroxylation is 1. The molecule has 4 fully saturated rings. The van der Waals surface area contributed by atoms with E-state index < -0.39 is 0 Å². The van der Waals surface area contributed by atoms with Gasteiger partial charge in [0.25, 0.3) is 0 Å². The lowest BCUT2D eigenvalue weighted by Gasteiger charge is -2.57. The van der Waals surface area contributed by atoms with Crippen molar-refractivity contribution >= 4 is 23.5 Å². The topological polar surface area (TPSA) is 32.6 Å². The molecule has 0 amide bonds. The molecule has 146 valence electrons. The molecule has 2 nitrogen and oxygen atoms in total. The average molecular weight is 394 g/mol. The molecule has 6 rings (SSSR count). The molecule has 0 heterocycles. The van der Waals surface area contributed by atoms with E-state index in [1.165, 1.54) is 55.2 Å². The predicted molar refractivity (Wildman–Crippen MR) is 116 cm³/mol. The lowest BCUT2D eigenvalue weighted by Crippen LogP contribution is -2.48. The van der Waals surface area contributed by atoms with Gasteiger partial charge in [-0.1, -0.05) is 17.7 Å². The van der Waals surface area contributed by atoms with Gasteiger partial charge in [0.15, 0.2) is 0 Å². The minimum absolute atomic E-state index is 0.208. The van der Waals surface area contributed by atoms with Gasteiger partial charge in [0.05, 0.1) is 5.69 Å². The summed E-state index contributed by atoms with van der Waals surface area (Å²) in [6, 6.07) is 9.82. The molecule has 4 bridgehead atoms. The second-order valence-electron chi connectivity index (χ2n) is 9.60. The molecule has 0 radical (unpaired) electrons. The standard InChI is InChI=1S/C25H28ClNO/c1-15-5-21(25-11-17-6-18(12-25)8-19(7-17)13-25)10-23(16(15)2)27-14-20-9-22(26)3-4-24(20)28/h3-5,9-10,14,17-19,28H,6-8,11-13H2,1-2H3. The van der Waals surface area contributed by atoms with E-state index in [9.17, 15) is 5.11 Å². The molecule has 0 spiro atoms. The van der Waals surface area contributed by atoms with Gasteiger partial charge in [0.2, 0.25) is 0 Å². The second kappa shape index (κ2) is 6.62. The highest BCUT2D eigenvalue weighted by atomic mass is 35.5. The first-order valence-electron chi connectivity index (χ1n) is 10.6. The maximum atomic E-state index is 10.1. The monoisotopic (exact) mass is 393 g/mol. The summed E-state index contributed by atoms with van der Waals surface area (Å²) in [5, 5.41) is 10.7. The molecule has 0 aliphatic heterocycles. The van der Waals surface area contributed by atoms with Crippen molar-refractivity contribution in [2.24, 2.45) is 22.7 Å². The van der Waals surface area contributed by atoms with Crippen LogP contribution < -0.4 is 0 Å². The fourth-order valence-electron chi connectivity index (χ4n) is 6.51. The first-order valence-corrected chi connectivity index (χ1v) is 10.9. The fourth-order valence-corrected chi connectivity index (χ4v) is 6.69. The largest absolute Gasteiger partial charge is 0.507 e. The third kappa shape index (κ3) is 3.06. The lowest BCUT2D eigenvalue weighted by molar-refractivity contribution is -0.00519. The molecule has 3 heteroatoms. The van der Waals surface area contributed by atoms with Gasteiger partial charge in [-0.25, -0.2) is 0 Å². The third-order valence-corrected chi connectivity index (χ3v) is 7.86. The Kier molecular flexibility index (Phi) is 4.32. The second-order valence-corrected chi connectivity index (χ2v) is 10.0. The van der Waals surface area contributed by atoms with Gasteiger partial charge in [0.1, 0.15) is 5.75 Å². The van der Waals surface area contributed by atoms with Crippen LogP contribution in [0.25, 0.3) is 0 Å². The maximum Gasteiger partial charge on any atom is 0.124 e. The zero-order chi connectivity index (χ0) is 19.5. The quantitative estimate of drug-likeness (QED) is 0.566. The molecule has 28 heavy (non-hydrogen) atoms. The van der Waals surface area contributed by atoms with E-state index in [0.29, 0.717) is 16.0 Å². The molecule has 4 saturated carbocycles. The number of aromatic hydroxyl groups is 1. The van der Waals surface area contributed by atoms with Crippen LogP contribution >= 0.6 is 11.6 Å². The van der Waals surface area contributed by atoms with Gasteiger partial charge < -0.3 is 5.11 Å². The average Bonchev–Trinajstić information content (AvgIpc) is 2.64. The summed E-state index contributed by atoms with van der Waals surface area (Å²) in [5.41, 5.74) is 6.07. The van der Waals surface area contributed by atoms with Crippen molar-refractivity contribution in [3.05, 3.63) is 57.6 Å². The van der Waals surface area contributed by atoms with Gasteiger partial charge >= 0.3 is 0 Å². The van der Waals surface area contributed by atoms with Crippen LogP contribution in [0.5, 0.6) is 5.75 Å². The first kappa shape index (κ1) is 18.2. The number of phenolic OH excluding ortho intramolecular Hbond substituents is 1. The molecule has 0 saturated heterocycles. The summed E-state index contributed by atoms with van der Waals surface area (Å²) in [6.45, 7) is 4.35. The van der Waals surface area contributed by atoms with E-state index in [4.69, 9.17) is 16.6 Å². The Labute approximate surface area is 172 Å². The Hall–Kier alpha value is -1.80. The van der Waals surface area contributed by atoms with E-state index in [-0.39, 0.29) is 5.75 Å². The zero-order valence-electron chi connectivity index (χ0n) is 16.7. The summed E-state index contributed by atoms with van der Waals surface area (Å²) in [4.78, 5) is 4.78. The summed E-state index contributed by atoms with van der Waals surface area (Å²) >= 11 is 6.08. The van der Waals surface area contributed by atoms with Crippen LogP contribution in [0.4, 0.5) is 5.69 Å². The van der Waals surface area contributed by atoms with Crippen molar-refractivity contribution in [2.45, 2.75) is 57.8 Å². The van der Waals surface area contributed by atoms with Crippen molar-refractivity contribution in [3.63, 3.8) is 0 Å². The molecule has 0 aromatic heterocycles.